The van der Waals surface area contributed by atoms with Gasteiger partial charge in [0.2, 0.25) is 6.23 Å². The lowest BCUT2D eigenvalue weighted by Crippen LogP contribution is -2.40. The average Bonchev–Trinajstić information content (AvgIpc) is 2.64. The van der Waals surface area contributed by atoms with Crippen LogP contribution < -0.4 is 15.4 Å². The molecule has 29 heavy (non-hydrogen) atoms. The topological polar surface area (TPSA) is 108 Å². The normalized spacial score (nSPS) is 15.3. The van der Waals surface area contributed by atoms with E-state index in [1.807, 2.05) is 6.92 Å². The molecule has 2 rings (SSSR count). The number of hydrogen-bond donors (Lipinski definition) is 4. The fourth-order valence-electron chi connectivity index (χ4n) is 2.83. The van der Waals surface area contributed by atoms with Gasteiger partial charge in [-0.1, -0.05) is 39.0 Å². The van der Waals surface area contributed by atoms with Crippen LogP contribution in [0.25, 0.3) is 0 Å². The number of rotatable bonds is 6. The molecule has 0 radical (unpaired) electrons. The Morgan fingerprint density at radius 3 is 2.59 bits per heavy atom. The number of amides is 1. The van der Waals surface area contributed by atoms with E-state index < -0.39 is 18.1 Å². The minimum absolute atomic E-state index is 0.0843. The Hall–Kier alpha value is -3.06. The number of carbonyl (C=O) groups is 2. The lowest BCUT2D eigenvalue weighted by molar-refractivity contribution is -0.129. The molecular formula is C22H28N2O5. The van der Waals surface area contributed by atoms with E-state index in [4.69, 9.17) is 4.74 Å². The molecule has 7 heteroatoms. The standard InChI is InChI=1S/C22H28N2O5/c1-6-19(26)29-18-10-7-13(2)11-16(18)24-21(28)20(27)23-15-12-14(22(3,4)5)8-9-17(15)25/h6-7,10-12,20,23,25,27H,1,8-9H2,2-5H3,(H,24,28). The predicted molar refractivity (Wildman–Crippen MR) is 111 cm³/mol. The van der Waals surface area contributed by atoms with Gasteiger partial charge in [0.05, 0.1) is 11.4 Å². The van der Waals surface area contributed by atoms with Crippen molar-refractivity contribution in [3.05, 3.63) is 59.5 Å². The first-order chi connectivity index (χ1) is 13.5. The van der Waals surface area contributed by atoms with Crippen LogP contribution in [0.3, 0.4) is 0 Å². The van der Waals surface area contributed by atoms with E-state index in [0.717, 1.165) is 17.2 Å². The van der Waals surface area contributed by atoms with Crippen LogP contribution in [-0.2, 0) is 9.59 Å². The summed E-state index contributed by atoms with van der Waals surface area (Å²) in [6, 6.07) is 4.88. The predicted octanol–water partition coefficient (Wildman–Crippen LogP) is 3.47. The Morgan fingerprint density at radius 1 is 1.28 bits per heavy atom. The zero-order valence-corrected chi connectivity index (χ0v) is 17.2. The minimum atomic E-state index is -1.62. The van der Waals surface area contributed by atoms with Crippen molar-refractivity contribution in [2.24, 2.45) is 5.41 Å². The van der Waals surface area contributed by atoms with E-state index in [-0.39, 0.29) is 22.6 Å². The van der Waals surface area contributed by atoms with E-state index in [1.54, 1.807) is 24.3 Å². The molecule has 0 spiro atoms. The molecule has 7 nitrogen and oxygen atoms in total. The number of aliphatic hydroxyl groups excluding tert-OH is 2. The lowest BCUT2D eigenvalue weighted by Gasteiger charge is -2.28. The first-order valence-corrected chi connectivity index (χ1v) is 9.35. The smallest absolute Gasteiger partial charge is 0.335 e. The largest absolute Gasteiger partial charge is 0.510 e. The molecule has 1 atom stereocenters. The van der Waals surface area contributed by atoms with Gasteiger partial charge in [-0.05, 0) is 42.5 Å². The highest BCUT2D eigenvalue weighted by Crippen LogP contribution is 2.34. The van der Waals surface area contributed by atoms with Crippen LogP contribution in [0.2, 0.25) is 0 Å². The lowest BCUT2D eigenvalue weighted by atomic mass is 9.81. The van der Waals surface area contributed by atoms with Gasteiger partial charge in [-0.2, -0.15) is 0 Å². The Balaban J connectivity index is 2.16. The summed E-state index contributed by atoms with van der Waals surface area (Å²) in [5.41, 5.74) is 2.38. The van der Waals surface area contributed by atoms with Crippen molar-refractivity contribution >= 4 is 17.6 Å². The van der Waals surface area contributed by atoms with Gasteiger partial charge in [-0.3, -0.25) is 4.79 Å². The van der Waals surface area contributed by atoms with Gasteiger partial charge in [0.1, 0.15) is 5.76 Å². The van der Waals surface area contributed by atoms with Crippen molar-refractivity contribution in [2.45, 2.75) is 46.8 Å². The Kier molecular flexibility index (Phi) is 6.87. The van der Waals surface area contributed by atoms with Crippen molar-refractivity contribution in [1.82, 2.24) is 5.32 Å². The van der Waals surface area contributed by atoms with Crippen molar-refractivity contribution in [1.29, 1.82) is 0 Å². The molecule has 0 saturated heterocycles. The number of hydrogen-bond acceptors (Lipinski definition) is 6. The summed E-state index contributed by atoms with van der Waals surface area (Å²) < 4.78 is 5.12. The van der Waals surface area contributed by atoms with E-state index in [2.05, 4.69) is 38.0 Å². The summed E-state index contributed by atoms with van der Waals surface area (Å²) in [6.07, 6.45) is 2.30. The second-order valence-electron chi connectivity index (χ2n) is 7.94. The molecule has 0 aromatic heterocycles. The molecule has 0 fully saturated rings. The van der Waals surface area contributed by atoms with E-state index in [1.165, 1.54) is 0 Å². The maximum absolute atomic E-state index is 12.5. The Labute approximate surface area is 170 Å². The maximum atomic E-state index is 12.5. The van der Waals surface area contributed by atoms with Gasteiger partial charge in [-0.15, -0.1) is 0 Å². The number of esters is 1. The molecule has 1 aromatic rings. The monoisotopic (exact) mass is 400 g/mol. The molecule has 4 N–H and O–H groups in total. The number of allylic oxidation sites excluding steroid dienone is 3. The van der Waals surface area contributed by atoms with Crippen LogP contribution in [0.15, 0.2) is 54.0 Å². The summed E-state index contributed by atoms with van der Waals surface area (Å²) in [4.78, 5) is 24.0. The quantitative estimate of drug-likeness (QED) is 0.252. The molecule has 156 valence electrons. The summed E-state index contributed by atoms with van der Waals surface area (Å²) in [5, 5.41) is 25.6. The molecule has 0 heterocycles. The van der Waals surface area contributed by atoms with Gasteiger partial charge < -0.3 is 25.6 Å². The number of ether oxygens (including phenoxy) is 1. The molecule has 0 aliphatic heterocycles. The molecule has 1 aliphatic rings. The molecule has 1 aromatic carbocycles. The number of anilines is 1. The molecule has 0 saturated carbocycles. The zero-order chi connectivity index (χ0) is 21.8. The van der Waals surface area contributed by atoms with Crippen molar-refractivity contribution in [3.8, 4) is 5.75 Å². The van der Waals surface area contributed by atoms with Gasteiger partial charge in [0.25, 0.3) is 5.91 Å². The number of nitrogens with one attached hydrogen (secondary N) is 2. The fraction of sp³-hybridized carbons (Fsp3) is 0.364. The van der Waals surface area contributed by atoms with Crippen LogP contribution in [-0.4, -0.2) is 28.3 Å². The van der Waals surface area contributed by atoms with Crippen LogP contribution in [0, 0.1) is 12.3 Å². The van der Waals surface area contributed by atoms with Gasteiger partial charge in [0, 0.05) is 12.5 Å². The average molecular weight is 400 g/mol. The summed E-state index contributed by atoms with van der Waals surface area (Å²) in [5.74, 6) is -1.21. The second kappa shape index (κ2) is 8.96. The third kappa shape index (κ3) is 5.96. The fourth-order valence-corrected chi connectivity index (χ4v) is 2.83. The zero-order valence-electron chi connectivity index (χ0n) is 17.2. The SMILES string of the molecule is C=CC(=O)Oc1ccc(C)cc1NC(=O)C(O)NC1=C(O)CCC(C(C)(C)C)=C1. The van der Waals surface area contributed by atoms with E-state index >= 15 is 0 Å². The third-order valence-electron chi connectivity index (χ3n) is 4.53. The maximum Gasteiger partial charge on any atom is 0.335 e. The Morgan fingerprint density at radius 2 is 1.97 bits per heavy atom. The van der Waals surface area contributed by atoms with Crippen LogP contribution in [0.1, 0.15) is 39.2 Å². The minimum Gasteiger partial charge on any atom is -0.510 e. The van der Waals surface area contributed by atoms with Crippen molar-refractivity contribution in [2.75, 3.05) is 5.32 Å². The molecule has 1 aliphatic carbocycles. The molecular weight excluding hydrogens is 372 g/mol. The molecule has 0 bridgehead atoms. The first-order valence-electron chi connectivity index (χ1n) is 9.35. The number of aliphatic hydroxyl groups is 2. The van der Waals surface area contributed by atoms with Gasteiger partial charge >= 0.3 is 5.97 Å². The molecule has 1 unspecified atom stereocenters. The first kappa shape index (κ1) is 22.2. The number of benzene rings is 1. The summed E-state index contributed by atoms with van der Waals surface area (Å²) >= 11 is 0. The van der Waals surface area contributed by atoms with E-state index in [0.29, 0.717) is 18.5 Å². The highest BCUT2D eigenvalue weighted by Gasteiger charge is 2.25. The van der Waals surface area contributed by atoms with Gasteiger partial charge in [0.15, 0.2) is 5.75 Å². The van der Waals surface area contributed by atoms with Crippen molar-refractivity contribution in [3.63, 3.8) is 0 Å². The van der Waals surface area contributed by atoms with Crippen LogP contribution in [0.5, 0.6) is 5.75 Å². The van der Waals surface area contributed by atoms with Crippen LogP contribution in [0.4, 0.5) is 5.69 Å². The third-order valence-corrected chi connectivity index (χ3v) is 4.53. The summed E-state index contributed by atoms with van der Waals surface area (Å²) in [6.45, 7) is 11.3. The highest BCUT2D eigenvalue weighted by molar-refractivity contribution is 5.96. The van der Waals surface area contributed by atoms with Gasteiger partial charge in [-0.25, -0.2) is 4.79 Å². The number of aryl methyl sites for hydroxylation is 1. The number of carbonyl (C=O) groups excluding carboxylic acids is 2. The van der Waals surface area contributed by atoms with Crippen LogP contribution >= 0.6 is 0 Å². The Bertz CT molecular complexity index is 878. The second-order valence-corrected chi connectivity index (χ2v) is 7.94. The highest BCUT2D eigenvalue weighted by atomic mass is 16.5. The van der Waals surface area contributed by atoms with E-state index in [9.17, 15) is 19.8 Å². The molecule has 1 amide bonds. The summed E-state index contributed by atoms with van der Waals surface area (Å²) in [7, 11) is 0. The van der Waals surface area contributed by atoms with Crippen molar-refractivity contribution < 1.29 is 24.5 Å².